The Morgan fingerprint density at radius 2 is 1.73 bits per heavy atom. The first-order valence-electron chi connectivity index (χ1n) is 9.35. The van der Waals surface area contributed by atoms with Gasteiger partial charge in [-0.05, 0) is 35.4 Å². The molecule has 158 valence electrons. The van der Waals surface area contributed by atoms with Crippen LogP contribution in [0.5, 0.6) is 23.0 Å². The number of nitrogens with one attached hydrogen (secondary N) is 1. The number of halogens is 2. The monoisotopic (exact) mass is 491 g/mol. The van der Waals surface area contributed by atoms with Crippen molar-refractivity contribution in [1.82, 2.24) is 5.32 Å². The maximum atomic E-state index is 6.14. The lowest BCUT2D eigenvalue weighted by atomic mass is 10.1. The number of rotatable bonds is 8. The van der Waals surface area contributed by atoms with Crippen LogP contribution in [0.4, 0.5) is 0 Å². The number of fused-ring (bicyclic) bond motifs is 1. The van der Waals surface area contributed by atoms with E-state index in [1.165, 1.54) is 0 Å². The van der Waals surface area contributed by atoms with Gasteiger partial charge in [0, 0.05) is 23.1 Å². The van der Waals surface area contributed by atoms with Crippen LogP contribution in [-0.4, -0.2) is 13.9 Å². The third-order valence-electron chi connectivity index (χ3n) is 4.62. The average Bonchev–Trinajstić information content (AvgIpc) is 3.21. The van der Waals surface area contributed by atoms with Crippen LogP contribution in [0.15, 0.2) is 65.1 Å². The Hall–Kier alpha value is -2.41. The lowest BCUT2D eigenvalue weighted by Crippen LogP contribution is -2.14. The standard InChI is InChI=1S/C23H22BrNO4.ClH/c1-26-22-11-19(24)10-18(23(22)27-14-16-5-3-2-4-6-16)13-25-12-17-7-8-20-21(9-17)29-15-28-20;/h2-11,25H,12-15H2,1H3;1H. The first-order valence-corrected chi connectivity index (χ1v) is 10.1. The summed E-state index contributed by atoms with van der Waals surface area (Å²) < 4.78 is 23.5. The third kappa shape index (κ3) is 5.39. The summed E-state index contributed by atoms with van der Waals surface area (Å²) in [5.41, 5.74) is 3.26. The Balaban J connectivity index is 0.00000256. The maximum Gasteiger partial charge on any atom is 0.231 e. The summed E-state index contributed by atoms with van der Waals surface area (Å²) in [7, 11) is 1.65. The molecule has 1 aliphatic rings. The van der Waals surface area contributed by atoms with Gasteiger partial charge in [0.15, 0.2) is 23.0 Å². The largest absolute Gasteiger partial charge is 0.493 e. The van der Waals surface area contributed by atoms with Crippen molar-refractivity contribution in [3.05, 3.63) is 81.8 Å². The van der Waals surface area contributed by atoms with Crippen molar-refractivity contribution in [1.29, 1.82) is 0 Å². The Bertz CT molecular complexity index is 984. The predicted molar refractivity (Wildman–Crippen MR) is 122 cm³/mol. The first-order chi connectivity index (χ1) is 14.2. The van der Waals surface area contributed by atoms with Crippen LogP contribution in [0.2, 0.25) is 0 Å². The number of ether oxygens (including phenoxy) is 4. The molecule has 0 bridgehead atoms. The Labute approximate surface area is 190 Å². The van der Waals surface area contributed by atoms with Crippen molar-refractivity contribution in [3.63, 3.8) is 0 Å². The van der Waals surface area contributed by atoms with E-state index in [0.717, 1.165) is 38.4 Å². The normalized spacial score (nSPS) is 11.7. The first kappa shape index (κ1) is 22.3. The van der Waals surface area contributed by atoms with E-state index >= 15 is 0 Å². The molecule has 3 aromatic rings. The minimum absolute atomic E-state index is 0. The highest BCUT2D eigenvalue weighted by Crippen LogP contribution is 2.36. The Morgan fingerprint density at radius 3 is 2.53 bits per heavy atom. The van der Waals surface area contributed by atoms with Crippen LogP contribution in [0.1, 0.15) is 16.7 Å². The van der Waals surface area contributed by atoms with Crippen molar-refractivity contribution < 1.29 is 18.9 Å². The van der Waals surface area contributed by atoms with Crippen molar-refractivity contribution in [2.24, 2.45) is 0 Å². The predicted octanol–water partition coefficient (Wildman–Crippen LogP) is 5.48. The van der Waals surface area contributed by atoms with Gasteiger partial charge in [-0.15, -0.1) is 12.4 Å². The maximum absolute atomic E-state index is 6.14. The van der Waals surface area contributed by atoms with Crippen molar-refractivity contribution in [2.45, 2.75) is 19.7 Å². The van der Waals surface area contributed by atoms with Gasteiger partial charge in [0.2, 0.25) is 6.79 Å². The molecule has 1 heterocycles. The molecule has 0 unspecified atom stereocenters. The molecule has 3 aromatic carbocycles. The molecule has 0 saturated carbocycles. The van der Waals surface area contributed by atoms with Crippen LogP contribution in [0.3, 0.4) is 0 Å². The van der Waals surface area contributed by atoms with Gasteiger partial charge >= 0.3 is 0 Å². The van der Waals surface area contributed by atoms with Crippen LogP contribution in [0, 0.1) is 0 Å². The second-order valence-corrected chi connectivity index (χ2v) is 7.58. The molecule has 4 rings (SSSR count). The lowest BCUT2D eigenvalue weighted by molar-refractivity contribution is 0.174. The number of benzene rings is 3. The fourth-order valence-electron chi connectivity index (χ4n) is 3.19. The number of hydrogen-bond donors (Lipinski definition) is 1. The van der Waals surface area contributed by atoms with E-state index in [1.54, 1.807) is 7.11 Å². The van der Waals surface area contributed by atoms with E-state index in [2.05, 4.69) is 27.3 Å². The second kappa shape index (κ2) is 10.6. The highest BCUT2D eigenvalue weighted by atomic mass is 79.9. The zero-order chi connectivity index (χ0) is 20.1. The van der Waals surface area contributed by atoms with Gasteiger partial charge in [-0.25, -0.2) is 0 Å². The smallest absolute Gasteiger partial charge is 0.231 e. The van der Waals surface area contributed by atoms with Gasteiger partial charge < -0.3 is 24.3 Å². The number of methoxy groups -OCH3 is 1. The van der Waals surface area contributed by atoms with Crippen molar-refractivity contribution in [3.8, 4) is 23.0 Å². The molecule has 0 fully saturated rings. The molecule has 0 amide bonds. The van der Waals surface area contributed by atoms with E-state index in [1.807, 2.05) is 54.6 Å². The topological polar surface area (TPSA) is 49.0 Å². The molecule has 0 aromatic heterocycles. The minimum Gasteiger partial charge on any atom is -0.493 e. The fourth-order valence-corrected chi connectivity index (χ4v) is 3.68. The molecule has 0 spiro atoms. The van der Waals surface area contributed by atoms with Gasteiger partial charge in [-0.3, -0.25) is 0 Å². The molecule has 5 nitrogen and oxygen atoms in total. The number of hydrogen-bond acceptors (Lipinski definition) is 5. The van der Waals surface area contributed by atoms with Crippen LogP contribution in [-0.2, 0) is 19.7 Å². The van der Waals surface area contributed by atoms with E-state index in [0.29, 0.717) is 25.4 Å². The fraction of sp³-hybridized carbons (Fsp3) is 0.217. The summed E-state index contributed by atoms with van der Waals surface area (Å²) in [6.07, 6.45) is 0. The summed E-state index contributed by atoms with van der Waals surface area (Å²) in [6.45, 7) is 2.10. The van der Waals surface area contributed by atoms with E-state index < -0.39 is 0 Å². The molecule has 0 radical (unpaired) electrons. The molecular weight excluding hydrogens is 470 g/mol. The zero-order valence-electron chi connectivity index (χ0n) is 16.5. The average molecular weight is 493 g/mol. The van der Waals surface area contributed by atoms with Crippen molar-refractivity contribution in [2.75, 3.05) is 13.9 Å². The summed E-state index contributed by atoms with van der Waals surface area (Å²) in [5.74, 6) is 3.04. The SMILES string of the molecule is COc1cc(Br)cc(CNCc2ccc3c(c2)OCO3)c1OCc1ccccc1.Cl. The van der Waals surface area contributed by atoms with Crippen molar-refractivity contribution >= 4 is 28.3 Å². The quantitative estimate of drug-likeness (QED) is 0.451. The van der Waals surface area contributed by atoms with Crippen LogP contribution >= 0.6 is 28.3 Å². The van der Waals surface area contributed by atoms with E-state index in [4.69, 9.17) is 18.9 Å². The summed E-state index contributed by atoms with van der Waals surface area (Å²) in [4.78, 5) is 0. The molecule has 7 heteroatoms. The summed E-state index contributed by atoms with van der Waals surface area (Å²) >= 11 is 3.56. The molecule has 0 aliphatic carbocycles. The van der Waals surface area contributed by atoms with Crippen LogP contribution < -0.4 is 24.3 Å². The van der Waals surface area contributed by atoms with E-state index in [9.17, 15) is 0 Å². The molecule has 30 heavy (non-hydrogen) atoms. The summed E-state index contributed by atoms with van der Waals surface area (Å²) in [6, 6.07) is 20.0. The summed E-state index contributed by atoms with van der Waals surface area (Å²) in [5, 5.41) is 3.47. The second-order valence-electron chi connectivity index (χ2n) is 6.66. The van der Waals surface area contributed by atoms with Crippen LogP contribution in [0.25, 0.3) is 0 Å². The van der Waals surface area contributed by atoms with E-state index in [-0.39, 0.29) is 19.2 Å². The minimum atomic E-state index is 0. The van der Waals surface area contributed by atoms with Gasteiger partial charge in [-0.2, -0.15) is 0 Å². The Kier molecular flexibility index (Phi) is 7.85. The molecular formula is C23H23BrClNO4. The lowest BCUT2D eigenvalue weighted by Gasteiger charge is -2.17. The third-order valence-corrected chi connectivity index (χ3v) is 5.08. The highest BCUT2D eigenvalue weighted by Gasteiger charge is 2.15. The highest BCUT2D eigenvalue weighted by molar-refractivity contribution is 9.10. The van der Waals surface area contributed by atoms with Gasteiger partial charge in [0.05, 0.1) is 7.11 Å². The molecule has 1 N–H and O–H groups in total. The molecule has 0 atom stereocenters. The Morgan fingerprint density at radius 1 is 0.933 bits per heavy atom. The van der Waals surface area contributed by atoms with Gasteiger partial charge in [0.25, 0.3) is 0 Å². The zero-order valence-corrected chi connectivity index (χ0v) is 18.9. The molecule has 1 aliphatic heterocycles. The molecule has 0 saturated heterocycles. The van der Waals surface area contributed by atoms with Gasteiger partial charge in [0.1, 0.15) is 6.61 Å². The van der Waals surface area contributed by atoms with Gasteiger partial charge in [-0.1, -0.05) is 52.3 Å².